The van der Waals surface area contributed by atoms with Gasteiger partial charge in [0.2, 0.25) is 0 Å². The maximum Gasteiger partial charge on any atom is 0.272 e. The van der Waals surface area contributed by atoms with E-state index >= 15 is 0 Å². The molecule has 7 nitrogen and oxygen atoms in total. The van der Waals surface area contributed by atoms with Crippen LogP contribution < -0.4 is 5.32 Å². The number of H-pyrrole nitrogens is 1. The Hall–Kier alpha value is -3.48. The van der Waals surface area contributed by atoms with Crippen LogP contribution in [-0.2, 0) is 6.54 Å². The van der Waals surface area contributed by atoms with E-state index in [1.165, 1.54) is 0 Å². The minimum Gasteiger partial charge on any atom is -0.346 e. The van der Waals surface area contributed by atoms with Gasteiger partial charge in [-0.3, -0.25) is 14.5 Å². The van der Waals surface area contributed by atoms with Gasteiger partial charge in [-0.25, -0.2) is 9.97 Å². The number of rotatable bonds is 4. The molecule has 0 saturated heterocycles. The SMILES string of the molecule is Cc1cc(C(=O)NCc2cccnc2-n2cnc3ccccc32)n[nH]1. The standard InChI is InChI=1S/C18H16N6O/c1-12-9-15(23-22-12)18(25)20-10-13-5-4-8-19-17(13)24-11-21-14-6-2-3-7-16(14)24/h2-9,11H,10H2,1H3,(H,20,25)(H,22,23). The smallest absolute Gasteiger partial charge is 0.272 e. The number of aryl methyl sites for hydroxylation is 1. The quantitative estimate of drug-likeness (QED) is 0.600. The molecule has 0 aliphatic carbocycles. The lowest BCUT2D eigenvalue weighted by Gasteiger charge is -2.10. The van der Waals surface area contributed by atoms with E-state index in [0.717, 1.165) is 28.1 Å². The van der Waals surface area contributed by atoms with Gasteiger partial charge in [0, 0.05) is 24.0 Å². The van der Waals surface area contributed by atoms with E-state index in [4.69, 9.17) is 0 Å². The molecule has 3 aromatic heterocycles. The number of hydrogen-bond donors (Lipinski definition) is 2. The Labute approximate surface area is 143 Å². The molecule has 1 aromatic carbocycles. The number of carbonyl (C=O) groups is 1. The fraction of sp³-hybridized carbons (Fsp3) is 0.111. The fourth-order valence-corrected chi connectivity index (χ4v) is 2.71. The first kappa shape index (κ1) is 15.1. The third-order valence-corrected chi connectivity index (χ3v) is 3.93. The Morgan fingerprint density at radius 2 is 2.08 bits per heavy atom. The highest BCUT2D eigenvalue weighted by molar-refractivity contribution is 5.92. The van der Waals surface area contributed by atoms with Gasteiger partial charge >= 0.3 is 0 Å². The molecule has 0 aliphatic rings. The van der Waals surface area contributed by atoms with Crippen molar-refractivity contribution in [3.8, 4) is 5.82 Å². The second kappa shape index (κ2) is 6.20. The molecule has 0 atom stereocenters. The van der Waals surface area contributed by atoms with Gasteiger partial charge < -0.3 is 5.32 Å². The third-order valence-electron chi connectivity index (χ3n) is 3.93. The first-order chi connectivity index (χ1) is 12.2. The van der Waals surface area contributed by atoms with Crippen LogP contribution in [0.25, 0.3) is 16.9 Å². The monoisotopic (exact) mass is 332 g/mol. The lowest BCUT2D eigenvalue weighted by atomic mass is 10.2. The second-order valence-corrected chi connectivity index (χ2v) is 5.71. The van der Waals surface area contributed by atoms with Crippen LogP contribution in [0.3, 0.4) is 0 Å². The van der Waals surface area contributed by atoms with Crippen LogP contribution in [0.15, 0.2) is 55.0 Å². The van der Waals surface area contributed by atoms with Crippen molar-refractivity contribution in [2.45, 2.75) is 13.5 Å². The molecular formula is C18H16N6O. The van der Waals surface area contributed by atoms with Crippen molar-refractivity contribution in [3.63, 3.8) is 0 Å². The minimum atomic E-state index is -0.227. The Morgan fingerprint density at radius 3 is 2.92 bits per heavy atom. The highest BCUT2D eigenvalue weighted by Gasteiger charge is 2.13. The zero-order valence-electron chi connectivity index (χ0n) is 13.6. The molecule has 0 unspecified atom stereocenters. The summed E-state index contributed by atoms with van der Waals surface area (Å²) in [5.74, 6) is 0.518. The van der Waals surface area contributed by atoms with Gasteiger partial charge in [-0.15, -0.1) is 0 Å². The molecule has 1 amide bonds. The van der Waals surface area contributed by atoms with Crippen molar-refractivity contribution < 1.29 is 4.79 Å². The second-order valence-electron chi connectivity index (χ2n) is 5.71. The van der Waals surface area contributed by atoms with Gasteiger partial charge in [0.05, 0.1) is 11.0 Å². The van der Waals surface area contributed by atoms with Crippen LogP contribution in [0.5, 0.6) is 0 Å². The van der Waals surface area contributed by atoms with E-state index < -0.39 is 0 Å². The molecule has 0 spiro atoms. The maximum absolute atomic E-state index is 12.2. The molecule has 25 heavy (non-hydrogen) atoms. The van der Waals surface area contributed by atoms with Crippen LogP contribution in [0.1, 0.15) is 21.7 Å². The predicted molar refractivity (Wildman–Crippen MR) is 93.4 cm³/mol. The number of hydrogen-bond acceptors (Lipinski definition) is 4. The van der Waals surface area contributed by atoms with Crippen molar-refractivity contribution in [1.29, 1.82) is 0 Å². The Kier molecular flexibility index (Phi) is 3.74. The number of fused-ring (bicyclic) bond motifs is 1. The average molecular weight is 332 g/mol. The molecule has 0 aliphatic heterocycles. The normalized spacial score (nSPS) is 10.9. The molecule has 4 aromatic rings. The molecule has 0 fully saturated rings. The number of carbonyl (C=O) groups excluding carboxylic acids is 1. The number of imidazole rings is 1. The molecule has 4 rings (SSSR count). The van der Waals surface area contributed by atoms with Crippen LogP contribution in [0.4, 0.5) is 0 Å². The lowest BCUT2D eigenvalue weighted by molar-refractivity contribution is 0.0946. The summed E-state index contributed by atoms with van der Waals surface area (Å²) in [5, 5.41) is 9.62. The van der Waals surface area contributed by atoms with Gasteiger partial charge in [-0.05, 0) is 31.2 Å². The number of benzene rings is 1. The average Bonchev–Trinajstić information content (AvgIpc) is 3.26. The fourth-order valence-electron chi connectivity index (χ4n) is 2.71. The van der Waals surface area contributed by atoms with Crippen molar-refractivity contribution >= 4 is 16.9 Å². The molecule has 0 saturated carbocycles. The molecule has 3 heterocycles. The van der Waals surface area contributed by atoms with Gasteiger partial charge in [0.15, 0.2) is 0 Å². The van der Waals surface area contributed by atoms with E-state index in [1.807, 2.05) is 47.9 Å². The van der Waals surface area contributed by atoms with Crippen LogP contribution in [0.2, 0.25) is 0 Å². The molecule has 124 valence electrons. The number of nitrogens with one attached hydrogen (secondary N) is 2. The Balaban J connectivity index is 1.62. The van der Waals surface area contributed by atoms with Gasteiger partial charge in [0.25, 0.3) is 5.91 Å². The summed E-state index contributed by atoms with van der Waals surface area (Å²) in [6.07, 6.45) is 3.47. The van der Waals surface area contributed by atoms with Gasteiger partial charge in [-0.2, -0.15) is 5.10 Å². The highest BCUT2D eigenvalue weighted by atomic mass is 16.1. The predicted octanol–water partition coefficient (Wildman–Crippen LogP) is 2.38. The molecule has 0 bridgehead atoms. The van der Waals surface area contributed by atoms with Crippen LogP contribution >= 0.6 is 0 Å². The highest BCUT2D eigenvalue weighted by Crippen LogP contribution is 2.19. The van der Waals surface area contributed by atoms with Crippen molar-refractivity contribution in [2.24, 2.45) is 0 Å². The van der Waals surface area contributed by atoms with E-state index in [0.29, 0.717) is 12.2 Å². The topological polar surface area (TPSA) is 88.5 Å². The van der Waals surface area contributed by atoms with Crippen molar-refractivity contribution in [2.75, 3.05) is 0 Å². The molecular weight excluding hydrogens is 316 g/mol. The Morgan fingerprint density at radius 1 is 1.20 bits per heavy atom. The number of aromatic amines is 1. The summed E-state index contributed by atoms with van der Waals surface area (Å²) in [7, 11) is 0. The number of para-hydroxylation sites is 2. The summed E-state index contributed by atoms with van der Waals surface area (Å²) in [6.45, 7) is 2.20. The van der Waals surface area contributed by atoms with E-state index in [9.17, 15) is 4.79 Å². The van der Waals surface area contributed by atoms with Gasteiger partial charge in [0.1, 0.15) is 17.8 Å². The summed E-state index contributed by atoms with van der Waals surface area (Å²) >= 11 is 0. The lowest BCUT2D eigenvalue weighted by Crippen LogP contribution is -2.24. The zero-order valence-corrected chi connectivity index (χ0v) is 13.6. The number of nitrogens with zero attached hydrogens (tertiary/aromatic N) is 4. The first-order valence-corrected chi connectivity index (χ1v) is 7.89. The number of pyridine rings is 1. The molecule has 7 heteroatoms. The summed E-state index contributed by atoms with van der Waals surface area (Å²) in [4.78, 5) is 21.1. The largest absolute Gasteiger partial charge is 0.346 e. The van der Waals surface area contributed by atoms with Crippen LogP contribution in [0, 0.1) is 6.92 Å². The summed E-state index contributed by atoms with van der Waals surface area (Å²) in [6, 6.07) is 13.4. The van der Waals surface area contributed by atoms with Crippen molar-refractivity contribution in [1.82, 2.24) is 30.0 Å². The molecule has 0 radical (unpaired) electrons. The van der Waals surface area contributed by atoms with E-state index in [-0.39, 0.29) is 5.91 Å². The minimum absolute atomic E-state index is 0.227. The van der Waals surface area contributed by atoms with Crippen molar-refractivity contribution in [3.05, 3.63) is 71.9 Å². The zero-order chi connectivity index (χ0) is 17.2. The summed E-state index contributed by atoms with van der Waals surface area (Å²) < 4.78 is 1.93. The maximum atomic E-state index is 12.2. The van der Waals surface area contributed by atoms with Crippen LogP contribution in [-0.4, -0.2) is 30.6 Å². The van der Waals surface area contributed by atoms with E-state index in [2.05, 4.69) is 25.5 Å². The first-order valence-electron chi connectivity index (χ1n) is 7.89. The molecule has 2 N–H and O–H groups in total. The third kappa shape index (κ3) is 2.87. The van der Waals surface area contributed by atoms with E-state index in [1.54, 1.807) is 18.6 Å². The number of aromatic nitrogens is 5. The Bertz CT molecular complexity index is 1050. The summed E-state index contributed by atoms with van der Waals surface area (Å²) in [5.41, 5.74) is 3.98. The number of amides is 1. The van der Waals surface area contributed by atoms with Gasteiger partial charge in [-0.1, -0.05) is 18.2 Å².